The third-order valence-electron chi connectivity index (χ3n) is 8.88. The van der Waals surface area contributed by atoms with Gasteiger partial charge in [-0.25, -0.2) is 4.98 Å². The number of nitrogens with zero attached hydrogens (tertiary/aromatic N) is 5. The van der Waals surface area contributed by atoms with Crippen LogP contribution in [0, 0.1) is 0 Å². The second-order valence-electron chi connectivity index (χ2n) is 11.6. The molecule has 1 fully saturated rings. The number of aromatic nitrogens is 3. The molecule has 5 aromatic rings. The molecule has 2 aliphatic rings. The molecule has 3 heterocycles. The van der Waals surface area contributed by atoms with Crippen molar-refractivity contribution in [3.63, 3.8) is 0 Å². The van der Waals surface area contributed by atoms with E-state index >= 15 is 0 Å². The minimum Gasteiger partial charge on any atom is -0.354 e. The van der Waals surface area contributed by atoms with Crippen molar-refractivity contribution >= 4 is 28.5 Å². The zero-order valence-electron chi connectivity index (χ0n) is 24.1. The van der Waals surface area contributed by atoms with E-state index in [9.17, 15) is 4.79 Å². The average molecular weight is 559 g/mol. The standard InChI is InChI=1S/C35H38N6O/c42-33(38-34-28-14-7-5-12-26(28)27-13-6-8-15-29(27)34)18-4-2-1-3-11-20-39-22-24-40(25-23-39)32-19-21-41-31-17-10-9-16-30(31)36-35(41)37-32/h5-10,12-17,19,21,34H,1-4,11,18,20,22-25H2,(H,38,42). The molecule has 7 rings (SSSR count). The first-order chi connectivity index (χ1) is 20.7. The number of imidazole rings is 1. The lowest BCUT2D eigenvalue weighted by Crippen LogP contribution is -2.46. The van der Waals surface area contributed by atoms with Crippen molar-refractivity contribution in [2.75, 3.05) is 37.6 Å². The van der Waals surface area contributed by atoms with Crippen molar-refractivity contribution in [3.05, 3.63) is 96.2 Å². The van der Waals surface area contributed by atoms with Crippen LogP contribution in [0.1, 0.15) is 55.7 Å². The van der Waals surface area contributed by atoms with E-state index in [1.165, 1.54) is 41.5 Å². The van der Waals surface area contributed by atoms with Gasteiger partial charge in [0.2, 0.25) is 11.7 Å². The van der Waals surface area contributed by atoms with Gasteiger partial charge in [0.25, 0.3) is 0 Å². The molecule has 0 radical (unpaired) electrons. The Bertz CT molecular complexity index is 1660. The first-order valence-electron chi connectivity index (χ1n) is 15.4. The van der Waals surface area contributed by atoms with Crippen LogP contribution in [0.5, 0.6) is 0 Å². The molecule has 1 aliphatic carbocycles. The van der Waals surface area contributed by atoms with Crippen LogP contribution in [-0.4, -0.2) is 57.9 Å². The summed E-state index contributed by atoms with van der Waals surface area (Å²) in [6.07, 6.45) is 8.36. The maximum Gasteiger partial charge on any atom is 0.236 e. The van der Waals surface area contributed by atoms with Gasteiger partial charge in [-0.1, -0.05) is 79.9 Å². The van der Waals surface area contributed by atoms with E-state index in [2.05, 4.69) is 86.4 Å². The number of fused-ring (bicyclic) bond motifs is 6. The van der Waals surface area contributed by atoms with E-state index in [-0.39, 0.29) is 11.9 Å². The largest absolute Gasteiger partial charge is 0.354 e. The SMILES string of the molecule is O=C(CCCCCCCN1CCN(c2ccn3c(n2)nc2ccccc23)CC1)NC1c2ccccc2-c2ccccc21. The van der Waals surface area contributed by atoms with Gasteiger partial charge in [-0.3, -0.25) is 14.1 Å². The minimum absolute atomic E-state index is 0.0325. The van der Waals surface area contributed by atoms with Gasteiger partial charge in [-0.2, -0.15) is 4.98 Å². The molecule has 0 unspecified atom stereocenters. The van der Waals surface area contributed by atoms with Gasteiger partial charge in [0.05, 0.1) is 17.1 Å². The van der Waals surface area contributed by atoms with Gasteiger partial charge in [-0.15, -0.1) is 0 Å². The predicted octanol–water partition coefficient (Wildman–Crippen LogP) is 6.23. The predicted molar refractivity (Wildman–Crippen MR) is 169 cm³/mol. The summed E-state index contributed by atoms with van der Waals surface area (Å²) in [5, 5.41) is 3.31. The van der Waals surface area contributed by atoms with E-state index in [1.807, 2.05) is 18.2 Å². The molecule has 42 heavy (non-hydrogen) atoms. The number of piperazine rings is 1. The van der Waals surface area contributed by atoms with Crippen LogP contribution in [0.3, 0.4) is 0 Å². The summed E-state index contributed by atoms with van der Waals surface area (Å²) in [5.41, 5.74) is 6.97. The van der Waals surface area contributed by atoms with E-state index in [1.54, 1.807) is 0 Å². The number of rotatable bonds is 10. The highest BCUT2D eigenvalue weighted by atomic mass is 16.1. The topological polar surface area (TPSA) is 65.8 Å². The Labute approximate surface area is 247 Å². The van der Waals surface area contributed by atoms with Crippen molar-refractivity contribution in [1.82, 2.24) is 24.6 Å². The first kappa shape index (κ1) is 26.7. The molecule has 3 aromatic carbocycles. The molecule has 0 spiro atoms. The number of carbonyl (C=O) groups excluding carboxylic acids is 1. The monoisotopic (exact) mass is 558 g/mol. The number of benzene rings is 3. The Hall–Kier alpha value is -4.23. The van der Waals surface area contributed by atoms with Gasteiger partial charge in [0, 0.05) is 38.8 Å². The van der Waals surface area contributed by atoms with Crippen LogP contribution in [0.15, 0.2) is 85.1 Å². The zero-order valence-corrected chi connectivity index (χ0v) is 24.1. The van der Waals surface area contributed by atoms with Crippen molar-refractivity contribution < 1.29 is 4.79 Å². The lowest BCUT2D eigenvalue weighted by molar-refractivity contribution is -0.121. The molecule has 1 amide bonds. The maximum atomic E-state index is 12.8. The Morgan fingerprint density at radius 2 is 1.40 bits per heavy atom. The van der Waals surface area contributed by atoms with Crippen LogP contribution < -0.4 is 10.2 Å². The summed E-state index contributed by atoms with van der Waals surface area (Å²) in [4.78, 5) is 27.3. The van der Waals surface area contributed by atoms with Gasteiger partial charge >= 0.3 is 0 Å². The zero-order chi connectivity index (χ0) is 28.3. The highest BCUT2D eigenvalue weighted by Crippen LogP contribution is 2.43. The second kappa shape index (κ2) is 11.9. The summed E-state index contributed by atoms with van der Waals surface area (Å²) in [5.74, 6) is 1.93. The molecular formula is C35H38N6O. The fourth-order valence-electron chi connectivity index (χ4n) is 6.61. The van der Waals surface area contributed by atoms with Gasteiger partial charge in [0.15, 0.2) is 0 Å². The summed E-state index contributed by atoms with van der Waals surface area (Å²) < 4.78 is 2.06. The van der Waals surface area contributed by atoms with Gasteiger partial charge in [0.1, 0.15) is 5.82 Å². The van der Waals surface area contributed by atoms with E-state index in [0.29, 0.717) is 6.42 Å². The lowest BCUT2D eigenvalue weighted by Gasteiger charge is -2.35. The average Bonchev–Trinajstić information content (AvgIpc) is 3.56. The number of hydrogen-bond acceptors (Lipinski definition) is 5. The van der Waals surface area contributed by atoms with E-state index in [0.717, 1.165) is 68.2 Å². The Morgan fingerprint density at radius 1 is 0.738 bits per heavy atom. The quantitative estimate of drug-likeness (QED) is 0.206. The summed E-state index contributed by atoms with van der Waals surface area (Å²) in [7, 11) is 0. The van der Waals surface area contributed by atoms with Crippen LogP contribution in [0.2, 0.25) is 0 Å². The summed E-state index contributed by atoms with van der Waals surface area (Å²) >= 11 is 0. The molecule has 214 valence electrons. The summed E-state index contributed by atoms with van der Waals surface area (Å²) in [6, 6.07) is 27.1. The lowest BCUT2D eigenvalue weighted by atomic mass is 10.0. The first-order valence-corrected chi connectivity index (χ1v) is 15.4. The molecule has 0 bridgehead atoms. The number of hydrogen-bond donors (Lipinski definition) is 1. The molecule has 1 N–H and O–H groups in total. The molecule has 2 aromatic heterocycles. The van der Waals surface area contributed by atoms with Crippen molar-refractivity contribution in [1.29, 1.82) is 0 Å². The number of amides is 1. The molecule has 7 heteroatoms. The summed E-state index contributed by atoms with van der Waals surface area (Å²) in [6.45, 7) is 5.27. The number of para-hydroxylation sites is 2. The fourth-order valence-corrected chi connectivity index (χ4v) is 6.61. The highest BCUT2D eigenvalue weighted by molar-refractivity contribution is 5.83. The van der Waals surface area contributed by atoms with Crippen LogP contribution in [-0.2, 0) is 4.79 Å². The Balaban J connectivity index is 0.800. The number of carbonyl (C=O) groups is 1. The van der Waals surface area contributed by atoms with Gasteiger partial charge in [-0.05, 0) is 59.8 Å². The van der Waals surface area contributed by atoms with Crippen LogP contribution in [0.4, 0.5) is 5.82 Å². The van der Waals surface area contributed by atoms with E-state index < -0.39 is 0 Å². The molecule has 1 aliphatic heterocycles. The van der Waals surface area contributed by atoms with Crippen molar-refractivity contribution in [2.24, 2.45) is 0 Å². The van der Waals surface area contributed by atoms with E-state index in [4.69, 9.17) is 9.97 Å². The molecular weight excluding hydrogens is 520 g/mol. The molecule has 0 saturated carbocycles. The normalized spacial score (nSPS) is 15.3. The number of nitrogens with one attached hydrogen (secondary N) is 1. The van der Waals surface area contributed by atoms with Crippen LogP contribution in [0.25, 0.3) is 27.9 Å². The smallest absolute Gasteiger partial charge is 0.236 e. The third kappa shape index (κ3) is 5.37. The third-order valence-corrected chi connectivity index (χ3v) is 8.88. The molecule has 0 atom stereocenters. The van der Waals surface area contributed by atoms with Crippen molar-refractivity contribution in [2.45, 2.75) is 44.6 Å². The molecule has 7 nitrogen and oxygen atoms in total. The molecule has 1 saturated heterocycles. The maximum absolute atomic E-state index is 12.8. The van der Waals surface area contributed by atoms with Crippen molar-refractivity contribution in [3.8, 4) is 11.1 Å². The Kier molecular flexibility index (Phi) is 7.58. The number of anilines is 1. The van der Waals surface area contributed by atoms with Gasteiger partial charge < -0.3 is 10.2 Å². The second-order valence-corrected chi connectivity index (χ2v) is 11.6. The number of unbranched alkanes of at least 4 members (excludes halogenated alkanes) is 4. The van der Waals surface area contributed by atoms with Crippen LogP contribution >= 0.6 is 0 Å². The minimum atomic E-state index is -0.0325. The fraction of sp³-hybridized carbons (Fsp3) is 0.343. The Morgan fingerprint density at radius 3 is 2.19 bits per heavy atom. The highest BCUT2D eigenvalue weighted by Gasteiger charge is 2.29.